The molecule has 4 rings (SSSR count). The zero-order valence-electron chi connectivity index (χ0n) is 15.2. The molecule has 3 nitrogen and oxygen atoms in total. The van der Waals surface area contributed by atoms with Gasteiger partial charge in [-0.1, -0.05) is 41.9 Å². The van der Waals surface area contributed by atoms with Crippen LogP contribution in [0.25, 0.3) is 16.5 Å². The van der Waals surface area contributed by atoms with Gasteiger partial charge in [0.15, 0.2) is 0 Å². The number of amides is 1. The van der Waals surface area contributed by atoms with Crippen LogP contribution in [0.3, 0.4) is 0 Å². The molecule has 0 bridgehead atoms. The van der Waals surface area contributed by atoms with Crippen LogP contribution in [-0.4, -0.2) is 35.1 Å². The molecule has 0 fully saturated rings. The lowest BCUT2D eigenvalue weighted by molar-refractivity contribution is 0.0773. The number of nitrogens with zero attached hydrogens (tertiary/aromatic N) is 1. The second-order valence-corrected chi connectivity index (χ2v) is 8.00. The number of aromatic amines is 1. The van der Waals surface area contributed by atoms with E-state index in [1.54, 1.807) is 11.8 Å². The van der Waals surface area contributed by atoms with Crippen molar-refractivity contribution >= 4 is 45.7 Å². The first-order valence-corrected chi connectivity index (χ1v) is 10.8. The van der Waals surface area contributed by atoms with Gasteiger partial charge < -0.3 is 9.88 Å². The molecule has 138 valence electrons. The quantitative estimate of drug-likeness (QED) is 0.621. The lowest BCUT2D eigenvalue weighted by atomic mass is 9.98. The van der Waals surface area contributed by atoms with Crippen molar-refractivity contribution in [1.82, 2.24) is 9.88 Å². The molecule has 1 aliphatic heterocycles. The maximum absolute atomic E-state index is 12.8. The van der Waals surface area contributed by atoms with Gasteiger partial charge in [0.25, 0.3) is 5.91 Å². The first kappa shape index (κ1) is 18.2. The van der Waals surface area contributed by atoms with Crippen LogP contribution in [0.4, 0.5) is 0 Å². The average Bonchev–Trinajstić information content (AvgIpc) is 3.14. The van der Waals surface area contributed by atoms with Crippen LogP contribution in [0.1, 0.15) is 27.9 Å². The molecular weight excluding hydrogens is 376 g/mol. The van der Waals surface area contributed by atoms with Crippen LogP contribution in [0, 0.1) is 0 Å². The third-order valence-corrected chi connectivity index (χ3v) is 5.96. The number of carbonyl (C=O) groups is 1. The van der Waals surface area contributed by atoms with Gasteiger partial charge in [-0.2, -0.15) is 11.8 Å². The molecule has 0 atom stereocenters. The number of rotatable bonds is 4. The molecule has 1 amide bonds. The molecule has 0 aliphatic carbocycles. The van der Waals surface area contributed by atoms with Gasteiger partial charge >= 0.3 is 0 Å². The first-order valence-electron chi connectivity index (χ1n) is 8.99. The van der Waals surface area contributed by atoms with Gasteiger partial charge in [0.1, 0.15) is 0 Å². The van der Waals surface area contributed by atoms with Crippen LogP contribution in [0.15, 0.2) is 54.7 Å². The van der Waals surface area contributed by atoms with Crippen molar-refractivity contribution in [2.45, 2.75) is 12.2 Å². The second-order valence-electron chi connectivity index (χ2n) is 6.73. The van der Waals surface area contributed by atoms with E-state index < -0.39 is 0 Å². The topological polar surface area (TPSA) is 36.1 Å². The third kappa shape index (κ3) is 3.64. The highest BCUT2D eigenvalue weighted by molar-refractivity contribution is 7.97. The fraction of sp³-hybridized carbons (Fsp3) is 0.227. The van der Waals surface area contributed by atoms with Gasteiger partial charge in [-0.05, 0) is 42.0 Å². The van der Waals surface area contributed by atoms with Gasteiger partial charge in [0.05, 0.1) is 10.5 Å². The number of nitrogens with one attached hydrogen (secondary N) is 1. The minimum Gasteiger partial charge on any atom is -0.359 e. The van der Waals surface area contributed by atoms with Crippen LogP contribution in [0.5, 0.6) is 0 Å². The number of aromatic nitrogens is 1. The third-order valence-electron chi connectivity index (χ3n) is 5.02. The maximum Gasteiger partial charge on any atom is 0.254 e. The van der Waals surface area contributed by atoms with E-state index in [1.807, 2.05) is 47.5 Å². The Morgan fingerprint density at radius 3 is 2.74 bits per heavy atom. The minimum atomic E-state index is 0.1000. The Labute approximate surface area is 168 Å². The first-order chi connectivity index (χ1) is 13.2. The van der Waals surface area contributed by atoms with Crippen LogP contribution >= 0.6 is 23.4 Å². The second kappa shape index (κ2) is 7.83. The lowest BCUT2D eigenvalue weighted by Gasteiger charge is -2.26. The number of hydrogen-bond acceptors (Lipinski definition) is 2. The van der Waals surface area contributed by atoms with Crippen molar-refractivity contribution in [3.05, 3.63) is 76.5 Å². The van der Waals surface area contributed by atoms with E-state index in [-0.39, 0.29) is 5.91 Å². The summed E-state index contributed by atoms with van der Waals surface area (Å²) in [7, 11) is 0. The van der Waals surface area contributed by atoms with Crippen LogP contribution in [0.2, 0.25) is 5.02 Å². The molecule has 0 radical (unpaired) electrons. The van der Waals surface area contributed by atoms with E-state index in [4.69, 9.17) is 11.6 Å². The Bertz CT molecular complexity index is 1010. The van der Waals surface area contributed by atoms with Crippen molar-refractivity contribution < 1.29 is 4.79 Å². The maximum atomic E-state index is 12.8. The van der Waals surface area contributed by atoms with Gasteiger partial charge in [0, 0.05) is 41.6 Å². The molecule has 3 aromatic rings. The van der Waals surface area contributed by atoms with E-state index in [2.05, 4.69) is 23.4 Å². The van der Waals surface area contributed by atoms with Crippen molar-refractivity contribution in [1.29, 1.82) is 0 Å². The highest BCUT2D eigenvalue weighted by atomic mass is 35.5. The molecule has 0 saturated carbocycles. The predicted molar refractivity (Wildman–Crippen MR) is 115 cm³/mol. The highest BCUT2D eigenvalue weighted by Gasteiger charge is 2.20. The summed E-state index contributed by atoms with van der Waals surface area (Å²) in [5.41, 5.74) is 5.43. The van der Waals surface area contributed by atoms with Crippen molar-refractivity contribution in [3.63, 3.8) is 0 Å². The van der Waals surface area contributed by atoms with Crippen LogP contribution in [-0.2, 0) is 5.75 Å². The lowest BCUT2D eigenvalue weighted by Crippen LogP contribution is -2.34. The molecule has 1 aliphatic rings. The summed E-state index contributed by atoms with van der Waals surface area (Å²) >= 11 is 8.05. The zero-order valence-corrected chi connectivity index (χ0v) is 16.7. The fourth-order valence-electron chi connectivity index (χ4n) is 3.57. The molecule has 1 N–H and O–H groups in total. The van der Waals surface area contributed by atoms with Gasteiger partial charge in [-0.3, -0.25) is 4.79 Å². The fourth-order valence-corrected chi connectivity index (χ4v) is 4.33. The summed E-state index contributed by atoms with van der Waals surface area (Å²) < 4.78 is 0. The Hall–Kier alpha value is -2.17. The molecular formula is C22H21ClN2OS. The van der Waals surface area contributed by atoms with Crippen molar-refractivity contribution in [2.24, 2.45) is 0 Å². The summed E-state index contributed by atoms with van der Waals surface area (Å²) in [5.74, 6) is 1.07. The zero-order chi connectivity index (χ0) is 18.8. The van der Waals surface area contributed by atoms with E-state index in [9.17, 15) is 4.79 Å². The predicted octanol–water partition coefficient (Wildman–Crippen LogP) is 5.61. The number of carbonyl (C=O) groups excluding carboxylic acids is 1. The van der Waals surface area contributed by atoms with Crippen LogP contribution < -0.4 is 0 Å². The molecule has 2 heterocycles. The van der Waals surface area contributed by atoms with Gasteiger partial charge in [0.2, 0.25) is 0 Å². The number of para-hydroxylation sites is 1. The number of fused-ring (bicyclic) bond motifs is 1. The largest absolute Gasteiger partial charge is 0.359 e. The molecule has 2 aromatic carbocycles. The molecule has 1 aromatic heterocycles. The van der Waals surface area contributed by atoms with E-state index in [0.717, 1.165) is 40.2 Å². The molecule has 0 saturated heterocycles. The van der Waals surface area contributed by atoms with Crippen molar-refractivity contribution in [3.8, 4) is 0 Å². The van der Waals surface area contributed by atoms with E-state index in [0.29, 0.717) is 6.54 Å². The monoisotopic (exact) mass is 396 g/mol. The summed E-state index contributed by atoms with van der Waals surface area (Å²) in [6, 6.07) is 13.9. The number of halogens is 1. The Kier molecular flexibility index (Phi) is 5.28. The minimum absolute atomic E-state index is 0.1000. The number of thioether (sulfide) groups is 1. The summed E-state index contributed by atoms with van der Waals surface area (Å²) in [5, 5.41) is 1.87. The number of benzene rings is 2. The summed E-state index contributed by atoms with van der Waals surface area (Å²) in [6.07, 6.45) is 7.10. The SMILES string of the molecule is CSCc1ccc(C(=O)N2CC=C(c3c[nH]c4c(Cl)cccc34)CC2)cc1. The van der Waals surface area contributed by atoms with Gasteiger partial charge in [-0.15, -0.1) is 0 Å². The van der Waals surface area contributed by atoms with Gasteiger partial charge in [-0.25, -0.2) is 0 Å². The summed E-state index contributed by atoms with van der Waals surface area (Å²) in [4.78, 5) is 18.0. The Balaban J connectivity index is 1.50. The highest BCUT2D eigenvalue weighted by Crippen LogP contribution is 2.32. The molecule has 27 heavy (non-hydrogen) atoms. The van der Waals surface area contributed by atoms with E-state index >= 15 is 0 Å². The number of H-pyrrole nitrogens is 1. The Morgan fingerprint density at radius 2 is 2.04 bits per heavy atom. The number of hydrogen-bond donors (Lipinski definition) is 1. The standard InChI is InChI=1S/C22H21ClN2OS/c1-27-14-15-5-7-17(8-6-15)22(26)25-11-9-16(10-12-25)19-13-24-21-18(19)3-2-4-20(21)23/h2-9,13,24H,10-12,14H2,1H3. The average molecular weight is 397 g/mol. The normalized spacial score (nSPS) is 14.4. The van der Waals surface area contributed by atoms with Crippen molar-refractivity contribution in [2.75, 3.05) is 19.3 Å². The molecule has 0 spiro atoms. The Morgan fingerprint density at radius 1 is 1.22 bits per heavy atom. The van der Waals surface area contributed by atoms with E-state index in [1.165, 1.54) is 16.7 Å². The molecule has 5 heteroatoms. The smallest absolute Gasteiger partial charge is 0.254 e. The summed E-state index contributed by atoms with van der Waals surface area (Å²) in [6.45, 7) is 1.36. The molecule has 0 unspecified atom stereocenters.